The molecule has 0 nitrogen and oxygen atoms in total. The molecule has 27 heavy (non-hydrogen) atoms. The monoisotopic (exact) mass is 388 g/mol. The lowest BCUT2D eigenvalue weighted by Gasteiger charge is -2.29. The lowest BCUT2D eigenvalue weighted by Crippen LogP contribution is -2.14. The molecule has 0 spiro atoms. The Kier molecular flexibility index (Phi) is 8.30. The molecule has 0 unspecified atom stereocenters. The molecular weight excluding hydrogens is 359 g/mol. The van der Waals surface area contributed by atoms with Crippen molar-refractivity contribution in [3.05, 3.63) is 41.0 Å². The van der Waals surface area contributed by atoms with Crippen molar-refractivity contribution in [1.29, 1.82) is 0 Å². The van der Waals surface area contributed by atoms with Crippen LogP contribution in [0.25, 0.3) is 6.08 Å². The summed E-state index contributed by atoms with van der Waals surface area (Å²) in [5.74, 6) is -1.08. The molecule has 0 bridgehead atoms. The largest absolute Gasteiger partial charge is 0.409 e. The van der Waals surface area contributed by atoms with Crippen molar-refractivity contribution in [2.75, 3.05) is 0 Å². The van der Waals surface area contributed by atoms with Gasteiger partial charge in [-0.25, -0.2) is 8.78 Å². The second-order valence-electron chi connectivity index (χ2n) is 7.69. The van der Waals surface area contributed by atoms with Crippen molar-refractivity contribution in [3.8, 4) is 0 Å². The highest BCUT2D eigenvalue weighted by Gasteiger charge is 2.25. The Labute approximate surface area is 158 Å². The van der Waals surface area contributed by atoms with Crippen LogP contribution in [0.5, 0.6) is 0 Å². The maximum Gasteiger partial charge on any atom is 0.409 e. The Hall–Kier alpha value is -1.39. The van der Waals surface area contributed by atoms with Gasteiger partial charge in [0, 0.05) is 11.6 Å². The standard InChI is InChI=1S/C22H29F5/c1-2-3-4-5-6-7-16-8-10-17(11-9-16)18-14-20(23)19(21(24)15-18)12-13-22(25,26)27/h12-17H,2-11H2,1H3. The average Bonchev–Trinajstić information content (AvgIpc) is 2.60. The first kappa shape index (κ1) is 21.9. The molecule has 0 amide bonds. The summed E-state index contributed by atoms with van der Waals surface area (Å²) >= 11 is 0. The van der Waals surface area contributed by atoms with E-state index in [2.05, 4.69) is 6.92 Å². The zero-order valence-corrected chi connectivity index (χ0v) is 15.9. The van der Waals surface area contributed by atoms with Gasteiger partial charge in [-0.15, -0.1) is 0 Å². The molecule has 1 aliphatic carbocycles. The summed E-state index contributed by atoms with van der Waals surface area (Å²) in [5.41, 5.74) is -0.0626. The van der Waals surface area contributed by atoms with Crippen LogP contribution in [0.15, 0.2) is 18.2 Å². The Balaban J connectivity index is 1.90. The van der Waals surface area contributed by atoms with Gasteiger partial charge in [-0.1, -0.05) is 45.4 Å². The van der Waals surface area contributed by atoms with E-state index in [4.69, 9.17) is 0 Å². The van der Waals surface area contributed by atoms with Gasteiger partial charge in [0.25, 0.3) is 0 Å². The summed E-state index contributed by atoms with van der Waals surface area (Å²) in [6.07, 6.45) is 7.17. The minimum Gasteiger partial charge on any atom is -0.206 e. The number of hydrogen-bond acceptors (Lipinski definition) is 0. The summed E-state index contributed by atoms with van der Waals surface area (Å²) in [4.78, 5) is 0. The predicted octanol–water partition coefficient (Wildman–Crippen LogP) is 8.17. The zero-order chi connectivity index (χ0) is 19.9. The SMILES string of the molecule is CCCCCCCC1CCC(c2cc(F)c(C=CC(F)(F)F)c(F)c2)CC1. The van der Waals surface area contributed by atoms with Crippen molar-refractivity contribution in [2.45, 2.75) is 83.2 Å². The Morgan fingerprint density at radius 3 is 2.07 bits per heavy atom. The quantitative estimate of drug-likeness (QED) is 0.311. The molecule has 0 radical (unpaired) electrons. The van der Waals surface area contributed by atoms with Crippen molar-refractivity contribution in [3.63, 3.8) is 0 Å². The molecule has 1 fully saturated rings. The average molecular weight is 388 g/mol. The molecule has 0 N–H and O–H groups in total. The number of allylic oxidation sites excluding steroid dienone is 1. The third kappa shape index (κ3) is 7.27. The summed E-state index contributed by atoms with van der Waals surface area (Å²) in [6, 6.07) is 2.41. The molecule has 1 saturated carbocycles. The molecule has 1 aromatic carbocycles. The van der Waals surface area contributed by atoms with Gasteiger partial charge in [0.2, 0.25) is 0 Å². The summed E-state index contributed by atoms with van der Waals surface area (Å²) in [6.45, 7) is 2.20. The van der Waals surface area contributed by atoms with Crippen LogP contribution in [-0.4, -0.2) is 6.18 Å². The Morgan fingerprint density at radius 2 is 1.52 bits per heavy atom. The Morgan fingerprint density at radius 1 is 0.926 bits per heavy atom. The van der Waals surface area contributed by atoms with Crippen LogP contribution in [0.2, 0.25) is 0 Å². The normalized spacial score (nSPS) is 21.1. The fourth-order valence-corrected chi connectivity index (χ4v) is 4.00. The molecule has 0 atom stereocenters. The second-order valence-corrected chi connectivity index (χ2v) is 7.69. The molecule has 0 aliphatic heterocycles. The van der Waals surface area contributed by atoms with E-state index in [1.54, 1.807) is 0 Å². The molecule has 2 rings (SSSR count). The van der Waals surface area contributed by atoms with Crippen LogP contribution < -0.4 is 0 Å². The van der Waals surface area contributed by atoms with Crippen LogP contribution >= 0.6 is 0 Å². The van der Waals surface area contributed by atoms with Gasteiger partial charge >= 0.3 is 6.18 Å². The number of halogens is 5. The van der Waals surface area contributed by atoms with Crippen LogP contribution in [0.1, 0.15) is 88.2 Å². The molecule has 1 aliphatic rings. The third-order valence-electron chi connectivity index (χ3n) is 5.57. The zero-order valence-electron chi connectivity index (χ0n) is 15.9. The van der Waals surface area contributed by atoms with Gasteiger partial charge in [-0.2, -0.15) is 13.2 Å². The van der Waals surface area contributed by atoms with E-state index < -0.39 is 23.4 Å². The Bertz CT molecular complexity index is 587. The van der Waals surface area contributed by atoms with Crippen LogP contribution in [-0.2, 0) is 0 Å². The van der Waals surface area contributed by atoms with Crippen molar-refractivity contribution < 1.29 is 22.0 Å². The first-order valence-corrected chi connectivity index (χ1v) is 10.0. The lowest BCUT2D eigenvalue weighted by atomic mass is 9.77. The molecule has 0 saturated heterocycles. The topological polar surface area (TPSA) is 0 Å². The summed E-state index contributed by atoms with van der Waals surface area (Å²) < 4.78 is 64.9. The smallest absolute Gasteiger partial charge is 0.206 e. The summed E-state index contributed by atoms with van der Waals surface area (Å²) in [5, 5.41) is 0. The summed E-state index contributed by atoms with van der Waals surface area (Å²) in [7, 11) is 0. The molecule has 1 aromatic rings. The minimum atomic E-state index is -4.59. The number of alkyl halides is 3. The van der Waals surface area contributed by atoms with Crippen molar-refractivity contribution in [2.24, 2.45) is 5.92 Å². The van der Waals surface area contributed by atoms with Gasteiger partial charge < -0.3 is 0 Å². The highest BCUT2D eigenvalue weighted by molar-refractivity contribution is 5.52. The van der Waals surface area contributed by atoms with Crippen LogP contribution in [0.4, 0.5) is 22.0 Å². The maximum atomic E-state index is 14.1. The van der Waals surface area contributed by atoms with Gasteiger partial charge in [0.05, 0.1) is 0 Å². The van der Waals surface area contributed by atoms with Gasteiger partial charge in [-0.3, -0.25) is 0 Å². The van der Waals surface area contributed by atoms with E-state index >= 15 is 0 Å². The third-order valence-corrected chi connectivity index (χ3v) is 5.57. The molecule has 5 heteroatoms. The van der Waals surface area contributed by atoms with Gasteiger partial charge in [0.15, 0.2) is 0 Å². The van der Waals surface area contributed by atoms with E-state index in [-0.39, 0.29) is 12.0 Å². The fraction of sp³-hybridized carbons (Fsp3) is 0.636. The highest BCUT2D eigenvalue weighted by atomic mass is 19.4. The maximum absolute atomic E-state index is 14.1. The van der Waals surface area contributed by atoms with Crippen LogP contribution in [0.3, 0.4) is 0 Å². The van der Waals surface area contributed by atoms with Gasteiger partial charge in [0.1, 0.15) is 11.6 Å². The van der Waals surface area contributed by atoms with Crippen molar-refractivity contribution >= 4 is 6.08 Å². The van der Waals surface area contributed by atoms with Crippen molar-refractivity contribution in [1.82, 2.24) is 0 Å². The minimum absolute atomic E-state index is 0.0889. The lowest BCUT2D eigenvalue weighted by molar-refractivity contribution is -0.0790. The molecular formula is C22H29F5. The van der Waals surface area contributed by atoms with E-state index in [9.17, 15) is 22.0 Å². The number of benzene rings is 1. The number of hydrogen-bond donors (Lipinski definition) is 0. The molecule has 152 valence electrons. The number of unbranched alkanes of at least 4 members (excludes halogenated alkanes) is 4. The first-order valence-electron chi connectivity index (χ1n) is 10.0. The van der Waals surface area contributed by atoms with E-state index in [0.717, 1.165) is 25.7 Å². The molecule has 0 heterocycles. The van der Waals surface area contributed by atoms with E-state index in [1.165, 1.54) is 50.7 Å². The van der Waals surface area contributed by atoms with E-state index in [1.807, 2.05) is 0 Å². The molecule has 0 aromatic heterocycles. The van der Waals surface area contributed by atoms with E-state index in [0.29, 0.717) is 17.6 Å². The first-order chi connectivity index (χ1) is 12.8. The highest BCUT2D eigenvalue weighted by Crippen LogP contribution is 2.38. The predicted molar refractivity (Wildman–Crippen MR) is 99.5 cm³/mol. The van der Waals surface area contributed by atoms with Gasteiger partial charge in [-0.05, 0) is 61.3 Å². The number of rotatable bonds is 8. The fourth-order valence-electron chi connectivity index (χ4n) is 4.00. The second kappa shape index (κ2) is 10.2. The van der Waals surface area contributed by atoms with Crippen LogP contribution in [0, 0.1) is 17.6 Å².